The normalized spacial score (nSPS) is 17.9. The molecular weight excluding hydrogens is 380 g/mol. The van der Waals surface area contributed by atoms with Gasteiger partial charge < -0.3 is 24.4 Å². The van der Waals surface area contributed by atoms with Crippen molar-refractivity contribution in [2.24, 2.45) is 0 Å². The lowest BCUT2D eigenvalue weighted by atomic mass is 9.80. The molecule has 1 aromatic heterocycles. The number of carbonyl (C=O) groups excluding carboxylic acids is 2. The summed E-state index contributed by atoms with van der Waals surface area (Å²) in [6.45, 7) is 8.12. The maximum absolute atomic E-state index is 12.7. The average molecular weight is 411 g/mol. The largest absolute Gasteiger partial charge is 0.467 e. The number of nitrogens with zero attached hydrogens (tertiary/aromatic N) is 3. The van der Waals surface area contributed by atoms with E-state index < -0.39 is 12.0 Å². The maximum Gasteiger partial charge on any atom is 0.328 e. The summed E-state index contributed by atoms with van der Waals surface area (Å²) in [6.07, 6.45) is 3.80. The summed E-state index contributed by atoms with van der Waals surface area (Å²) in [6, 6.07) is 10.1. The monoisotopic (exact) mass is 410 g/mol. The highest BCUT2D eigenvalue weighted by Gasteiger charge is 2.47. The van der Waals surface area contributed by atoms with Gasteiger partial charge in [-0.3, -0.25) is 0 Å². The zero-order chi connectivity index (χ0) is 21.5. The first kappa shape index (κ1) is 20.3. The summed E-state index contributed by atoms with van der Waals surface area (Å²) in [5.74, 6) is -0.439. The second kappa shape index (κ2) is 7.70. The third-order valence-corrected chi connectivity index (χ3v) is 6.51. The van der Waals surface area contributed by atoms with Crippen LogP contribution in [0.3, 0.4) is 0 Å². The first-order chi connectivity index (χ1) is 14.4. The van der Waals surface area contributed by atoms with E-state index >= 15 is 0 Å². The fourth-order valence-corrected chi connectivity index (χ4v) is 4.98. The fourth-order valence-electron chi connectivity index (χ4n) is 4.98. The van der Waals surface area contributed by atoms with Gasteiger partial charge in [-0.15, -0.1) is 0 Å². The molecule has 1 unspecified atom stereocenters. The minimum Gasteiger partial charge on any atom is -0.467 e. The molecule has 2 aliphatic rings. The Labute approximate surface area is 177 Å². The molecule has 1 N–H and O–H groups in total. The molecule has 2 aliphatic heterocycles. The Balaban J connectivity index is 1.60. The van der Waals surface area contributed by atoms with E-state index in [-0.39, 0.29) is 11.6 Å². The Morgan fingerprint density at radius 3 is 2.60 bits per heavy atom. The van der Waals surface area contributed by atoms with Crippen molar-refractivity contribution in [2.75, 3.05) is 31.6 Å². The number of amides is 2. The molecule has 1 aromatic carbocycles. The van der Waals surface area contributed by atoms with Crippen LogP contribution in [-0.2, 0) is 15.1 Å². The smallest absolute Gasteiger partial charge is 0.328 e. The van der Waals surface area contributed by atoms with Crippen LogP contribution < -0.4 is 10.2 Å². The van der Waals surface area contributed by atoms with Gasteiger partial charge in [-0.1, -0.05) is 6.07 Å². The number of nitrogens with one attached hydrogen (secondary N) is 1. The van der Waals surface area contributed by atoms with Gasteiger partial charge in [-0.25, -0.2) is 9.59 Å². The number of urea groups is 1. The van der Waals surface area contributed by atoms with Crippen LogP contribution in [0.4, 0.5) is 10.5 Å². The molecule has 2 amide bonds. The number of aromatic nitrogens is 1. The molecule has 1 spiro atoms. The van der Waals surface area contributed by atoms with E-state index in [2.05, 4.69) is 65.2 Å². The van der Waals surface area contributed by atoms with Crippen molar-refractivity contribution in [2.45, 2.75) is 45.2 Å². The molecule has 1 fully saturated rings. The molecule has 30 heavy (non-hydrogen) atoms. The number of aryl methyl sites for hydroxylation is 1. The highest BCUT2D eigenvalue weighted by atomic mass is 16.5. The van der Waals surface area contributed by atoms with Crippen molar-refractivity contribution >= 4 is 17.7 Å². The molecule has 0 radical (unpaired) electrons. The number of rotatable bonds is 3. The number of carbonyl (C=O) groups is 2. The number of methoxy groups -OCH3 is 1. The minimum absolute atomic E-state index is 0.149. The van der Waals surface area contributed by atoms with Gasteiger partial charge in [0.05, 0.1) is 24.0 Å². The topological polar surface area (TPSA) is 66.8 Å². The van der Waals surface area contributed by atoms with Gasteiger partial charge in [0.15, 0.2) is 0 Å². The third kappa shape index (κ3) is 3.13. The van der Waals surface area contributed by atoms with Gasteiger partial charge in [0.1, 0.15) is 6.04 Å². The second-order valence-electron chi connectivity index (χ2n) is 8.21. The van der Waals surface area contributed by atoms with Crippen LogP contribution in [0, 0.1) is 6.92 Å². The minimum atomic E-state index is -0.660. The summed E-state index contributed by atoms with van der Waals surface area (Å²) in [5.41, 5.74) is 4.83. The Hall–Kier alpha value is -2.96. The molecule has 0 aliphatic carbocycles. The molecule has 3 heterocycles. The Morgan fingerprint density at radius 1 is 1.20 bits per heavy atom. The van der Waals surface area contributed by atoms with Crippen LogP contribution in [-0.4, -0.2) is 54.3 Å². The van der Waals surface area contributed by atoms with Crippen molar-refractivity contribution in [3.8, 4) is 5.69 Å². The highest BCUT2D eigenvalue weighted by molar-refractivity contribution is 5.83. The van der Waals surface area contributed by atoms with Gasteiger partial charge in [0.25, 0.3) is 0 Å². The van der Waals surface area contributed by atoms with Crippen molar-refractivity contribution in [3.63, 3.8) is 0 Å². The van der Waals surface area contributed by atoms with Crippen molar-refractivity contribution < 1.29 is 14.3 Å². The molecule has 2 aromatic rings. The van der Waals surface area contributed by atoms with Gasteiger partial charge in [-0.05, 0) is 63.4 Å². The number of anilines is 1. The Morgan fingerprint density at radius 2 is 1.93 bits per heavy atom. The molecule has 0 saturated carbocycles. The van der Waals surface area contributed by atoms with E-state index in [1.165, 1.54) is 29.7 Å². The lowest BCUT2D eigenvalue weighted by Crippen LogP contribution is -2.58. The highest BCUT2D eigenvalue weighted by Crippen LogP contribution is 2.48. The van der Waals surface area contributed by atoms with Crippen LogP contribution in [0.2, 0.25) is 0 Å². The summed E-state index contributed by atoms with van der Waals surface area (Å²) in [5, 5.41) is 2.75. The molecule has 0 bridgehead atoms. The van der Waals surface area contributed by atoms with Gasteiger partial charge in [0, 0.05) is 31.5 Å². The number of benzene rings is 1. The molecule has 4 rings (SSSR count). The standard InChI is InChI=1S/C23H30N4O3/c1-5-27-19-15-16(2)8-9-18(19)26-12-6-7-20(26)23(27)10-13-25(14-11-23)22(29)24-17(3)21(28)30-4/h6-9,12,15,17H,5,10-11,13-14H2,1-4H3,(H,24,29). The first-order valence-corrected chi connectivity index (χ1v) is 10.6. The van der Waals surface area contributed by atoms with Crippen LogP contribution in [0.25, 0.3) is 5.69 Å². The SMILES string of the molecule is CCN1c2cc(C)ccc2-n2cccc2C12CCN(C(=O)NC(C)C(=O)OC)CC2. The van der Waals surface area contributed by atoms with Gasteiger partial charge in [-0.2, -0.15) is 0 Å². The summed E-state index contributed by atoms with van der Waals surface area (Å²) in [4.78, 5) is 28.6. The maximum atomic E-state index is 12.7. The first-order valence-electron chi connectivity index (χ1n) is 10.6. The number of ether oxygens (including phenoxy) is 1. The van der Waals surface area contributed by atoms with E-state index in [4.69, 9.17) is 4.74 Å². The van der Waals surface area contributed by atoms with Gasteiger partial charge >= 0.3 is 12.0 Å². The van der Waals surface area contributed by atoms with Crippen molar-refractivity contribution in [1.29, 1.82) is 0 Å². The van der Waals surface area contributed by atoms with Crippen LogP contribution >= 0.6 is 0 Å². The van der Waals surface area contributed by atoms with Crippen molar-refractivity contribution in [1.82, 2.24) is 14.8 Å². The summed E-state index contributed by atoms with van der Waals surface area (Å²) < 4.78 is 7.01. The molecule has 1 atom stereocenters. The van der Waals surface area contributed by atoms with E-state index in [0.29, 0.717) is 13.1 Å². The Kier molecular flexibility index (Phi) is 5.22. The van der Waals surface area contributed by atoms with E-state index in [9.17, 15) is 9.59 Å². The number of piperidine rings is 1. The second-order valence-corrected chi connectivity index (χ2v) is 8.21. The quantitative estimate of drug-likeness (QED) is 0.790. The average Bonchev–Trinajstić information content (AvgIpc) is 3.24. The zero-order valence-corrected chi connectivity index (χ0v) is 18.1. The van der Waals surface area contributed by atoms with Crippen LogP contribution in [0.5, 0.6) is 0 Å². The number of likely N-dealkylation sites (tertiary alicyclic amines) is 1. The lowest BCUT2D eigenvalue weighted by Gasteiger charge is -2.53. The van der Waals surface area contributed by atoms with E-state index in [0.717, 1.165) is 19.4 Å². The van der Waals surface area contributed by atoms with E-state index in [1.807, 2.05) is 0 Å². The predicted octanol–water partition coefficient (Wildman–Crippen LogP) is 3.19. The Bertz CT molecular complexity index is 959. The number of esters is 1. The molecule has 1 saturated heterocycles. The fraction of sp³-hybridized carbons (Fsp3) is 0.478. The number of hydrogen-bond donors (Lipinski definition) is 1. The molecular formula is C23H30N4O3. The number of hydrogen-bond acceptors (Lipinski definition) is 4. The predicted molar refractivity (Wildman–Crippen MR) is 116 cm³/mol. The van der Waals surface area contributed by atoms with E-state index in [1.54, 1.807) is 11.8 Å². The third-order valence-electron chi connectivity index (χ3n) is 6.51. The van der Waals surface area contributed by atoms with Crippen molar-refractivity contribution in [3.05, 3.63) is 47.8 Å². The van der Waals surface area contributed by atoms with Gasteiger partial charge in [0.2, 0.25) is 0 Å². The lowest BCUT2D eigenvalue weighted by molar-refractivity contribution is -0.142. The number of fused-ring (bicyclic) bond motifs is 4. The molecule has 7 nitrogen and oxygen atoms in total. The van der Waals surface area contributed by atoms with Crippen LogP contribution in [0.1, 0.15) is 37.9 Å². The van der Waals surface area contributed by atoms with Crippen LogP contribution in [0.15, 0.2) is 36.5 Å². The zero-order valence-electron chi connectivity index (χ0n) is 18.1. The summed E-state index contributed by atoms with van der Waals surface area (Å²) >= 11 is 0. The molecule has 160 valence electrons. The molecule has 7 heteroatoms. The summed E-state index contributed by atoms with van der Waals surface area (Å²) in [7, 11) is 1.33.